The Morgan fingerprint density at radius 1 is 1.50 bits per heavy atom. The number of methoxy groups -OCH3 is 1. The molecule has 0 aliphatic carbocycles. The third-order valence-electron chi connectivity index (χ3n) is 2.12. The highest BCUT2D eigenvalue weighted by Gasteiger charge is 2.21. The summed E-state index contributed by atoms with van der Waals surface area (Å²) in [4.78, 5) is 23.8. The van der Waals surface area contributed by atoms with E-state index in [1.807, 2.05) is 6.92 Å². The third-order valence-corrected chi connectivity index (χ3v) is 2.12. The smallest absolute Gasteiger partial charge is 0.328 e. The largest absolute Gasteiger partial charge is 0.480 e. The number of hydrogen-bond donors (Lipinski definition) is 2. The Bertz CT molecular complexity index is 233. The molecule has 1 atom stereocenters. The summed E-state index contributed by atoms with van der Waals surface area (Å²) in [7, 11) is 3.03. The molecule has 16 heavy (non-hydrogen) atoms. The predicted octanol–water partition coefficient (Wildman–Crippen LogP) is 0.527. The van der Waals surface area contributed by atoms with E-state index in [0.717, 1.165) is 12.8 Å². The molecule has 0 aromatic heterocycles. The Morgan fingerprint density at radius 3 is 2.56 bits per heavy atom. The molecule has 0 radical (unpaired) electrons. The summed E-state index contributed by atoms with van der Waals surface area (Å²) in [6.45, 7) is 2.60. The summed E-state index contributed by atoms with van der Waals surface area (Å²) in [6.07, 6.45) is 1.88. The van der Waals surface area contributed by atoms with Crippen LogP contribution in [-0.4, -0.2) is 55.4 Å². The molecule has 0 bridgehead atoms. The predicted molar refractivity (Wildman–Crippen MR) is 59.4 cm³/mol. The van der Waals surface area contributed by atoms with Crippen LogP contribution in [0.25, 0.3) is 0 Å². The van der Waals surface area contributed by atoms with Crippen molar-refractivity contribution in [3.63, 3.8) is 0 Å². The van der Waals surface area contributed by atoms with Gasteiger partial charge in [-0.05, 0) is 6.42 Å². The molecule has 0 fully saturated rings. The van der Waals surface area contributed by atoms with Crippen molar-refractivity contribution < 1.29 is 19.4 Å². The summed E-state index contributed by atoms with van der Waals surface area (Å²) < 4.78 is 4.71. The summed E-state index contributed by atoms with van der Waals surface area (Å²) in [5, 5.41) is 11.2. The first-order valence-corrected chi connectivity index (χ1v) is 5.26. The number of rotatable bonds is 7. The maximum atomic E-state index is 11.5. The second kappa shape index (κ2) is 7.92. The van der Waals surface area contributed by atoms with Crippen LogP contribution in [0.4, 0.5) is 4.79 Å². The van der Waals surface area contributed by atoms with Crippen molar-refractivity contribution in [3.8, 4) is 0 Å². The number of carbonyl (C=O) groups is 2. The van der Waals surface area contributed by atoms with Gasteiger partial charge >= 0.3 is 12.0 Å². The Labute approximate surface area is 95.6 Å². The van der Waals surface area contributed by atoms with Crippen molar-refractivity contribution >= 4 is 12.0 Å². The molecule has 0 saturated heterocycles. The Hall–Kier alpha value is -1.30. The van der Waals surface area contributed by atoms with Gasteiger partial charge in [-0.1, -0.05) is 13.3 Å². The molecular weight excluding hydrogens is 212 g/mol. The van der Waals surface area contributed by atoms with Gasteiger partial charge in [0.15, 0.2) is 6.04 Å². The number of urea groups is 1. The highest BCUT2D eigenvalue weighted by atomic mass is 16.5. The van der Waals surface area contributed by atoms with Crippen molar-refractivity contribution in [2.24, 2.45) is 0 Å². The molecule has 2 amide bonds. The van der Waals surface area contributed by atoms with Crippen molar-refractivity contribution in [1.82, 2.24) is 10.2 Å². The Balaban J connectivity index is 4.12. The zero-order chi connectivity index (χ0) is 12.6. The summed E-state index contributed by atoms with van der Waals surface area (Å²) in [5.74, 6) is -1.10. The molecule has 0 aromatic rings. The number of nitrogens with zero attached hydrogens (tertiary/aromatic N) is 1. The number of amides is 2. The van der Waals surface area contributed by atoms with Crippen LogP contribution in [0.2, 0.25) is 0 Å². The maximum Gasteiger partial charge on any atom is 0.328 e. The topological polar surface area (TPSA) is 78.9 Å². The number of aliphatic carboxylic acids is 1. The highest BCUT2D eigenvalue weighted by Crippen LogP contribution is 1.94. The van der Waals surface area contributed by atoms with Gasteiger partial charge in [0.05, 0.1) is 6.61 Å². The van der Waals surface area contributed by atoms with Crippen LogP contribution in [0.3, 0.4) is 0 Å². The first-order chi connectivity index (χ1) is 7.52. The number of carboxylic acids is 1. The minimum Gasteiger partial charge on any atom is -0.480 e. The lowest BCUT2D eigenvalue weighted by Gasteiger charge is -2.20. The van der Waals surface area contributed by atoms with Gasteiger partial charge in [-0.15, -0.1) is 0 Å². The maximum absolute atomic E-state index is 11.5. The van der Waals surface area contributed by atoms with E-state index >= 15 is 0 Å². The lowest BCUT2D eigenvalue weighted by molar-refractivity contribution is -0.140. The van der Waals surface area contributed by atoms with E-state index in [1.54, 1.807) is 7.05 Å². The highest BCUT2D eigenvalue weighted by molar-refractivity contribution is 5.82. The summed E-state index contributed by atoms with van der Waals surface area (Å²) in [5.41, 5.74) is 0. The number of unbranched alkanes of at least 4 members (excludes halogenated alkanes) is 1. The van der Waals surface area contributed by atoms with Crippen molar-refractivity contribution in [3.05, 3.63) is 0 Å². The molecule has 0 saturated carbocycles. The molecule has 6 nitrogen and oxygen atoms in total. The first kappa shape index (κ1) is 14.7. The van der Waals surface area contributed by atoms with Crippen LogP contribution in [0.15, 0.2) is 0 Å². The normalized spacial score (nSPS) is 11.9. The number of carboxylic acid groups (broad SMARTS) is 1. The zero-order valence-corrected chi connectivity index (χ0v) is 10.0. The summed E-state index contributed by atoms with van der Waals surface area (Å²) in [6, 6.07) is -1.39. The van der Waals surface area contributed by atoms with Crippen LogP contribution in [0, 0.1) is 0 Å². The molecule has 0 aromatic carbocycles. The molecule has 0 rings (SSSR count). The summed E-state index contributed by atoms with van der Waals surface area (Å²) >= 11 is 0. The van der Waals surface area contributed by atoms with Gasteiger partial charge in [-0.3, -0.25) is 0 Å². The minimum atomic E-state index is -1.10. The molecule has 0 aliphatic heterocycles. The Kier molecular flexibility index (Phi) is 7.28. The van der Waals surface area contributed by atoms with Gasteiger partial charge in [0.2, 0.25) is 0 Å². The molecule has 1 unspecified atom stereocenters. The van der Waals surface area contributed by atoms with Gasteiger partial charge in [0, 0.05) is 20.7 Å². The van der Waals surface area contributed by atoms with Gasteiger partial charge in [0.25, 0.3) is 0 Å². The fraction of sp³-hybridized carbons (Fsp3) is 0.800. The number of ether oxygens (including phenoxy) is 1. The van der Waals surface area contributed by atoms with Crippen molar-refractivity contribution in [1.29, 1.82) is 0 Å². The van der Waals surface area contributed by atoms with Crippen LogP contribution in [0.5, 0.6) is 0 Å². The number of carbonyl (C=O) groups excluding carboxylic acids is 1. The monoisotopic (exact) mass is 232 g/mol. The van der Waals surface area contributed by atoms with Crippen molar-refractivity contribution in [2.45, 2.75) is 25.8 Å². The SMILES string of the molecule is CCCCN(C)C(=O)NC(COC)C(=O)O. The van der Waals surface area contributed by atoms with Crippen LogP contribution in [0.1, 0.15) is 19.8 Å². The second-order valence-corrected chi connectivity index (χ2v) is 3.57. The fourth-order valence-corrected chi connectivity index (χ4v) is 1.10. The van der Waals surface area contributed by atoms with E-state index in [4.69, 9.17) is 9.84 Å². The standard InChI is InChI=1S/C10H20N2O4/c1-4-5-6-12(2)10(15)11-8(7-16-3)9(13)14/h8H,4-7H2,1-3H3,(H,11,15)(H,13,14). The van der Waals surface area contributed by atoms with E-state index in [-0.39, 0.29) is 6.61 Å². The van der Waals surface area contributed by atoms with Crippen LogP contribution < -0.4 is 5.32 Å². The second-order valence-electron chi connectivity index (χ2n) is 3.57. The lowest BCUT2D eigenvalue weighted by Crippen LogP contribution is -2.48. The van der Waals surface area contributed by atoms with Crippen LogP contribution >= 0.6 is 0 Å². The van der Waals surface area contributed by atoms with E-state index in [0.29, 0.717) is 6.54 Å². The molecule has 0 aliphatic rings. The number of nitrogens with one attached hydrogen (secondary N) is 1. The van der Waals surface area contributed by atoms with Gasteiger partial charge < -0.3 is 20.1 Å². The van der Waals surface area contributed by atoms with Gasteiger partial charge in [-0.25, -0.2) is 9.59 Å². The first-order valence-electron chi connectivity index (χ1n) is 5.26. The molecule has 0 heterocycles. The number of hydrogen-bond acceptors (Lipinski definition) is 3. The minimum absolute atomic E-state index is 0.0390. The van der Waals surface area contributed by atoms with E-state index in [2.05, 4.69) is 5.32 Å². The average molecular weight is 232 g/mol. The van der Waals surface area contributed by atoms with Gasteiger partial charge in [0.1, 0.15) is 0 Å². The fourth-order valence-electron chi connectivity index (χ4n) is 1.10. The van der Waals surface area contributed by atoms with Crippen LogP contribution in [-0.2, 0) is 9.53 Å². The average Bonchev–Trinajstić information content (AvgIpc) is 2.24. The van der Waals surface area contributed by atoms with E-state index in [1.165, 1.54) is 12.0 Å². The molecule has 2 N–H and O–H groups in total. The third kappa shape index (κ3) is 5.55. The molecule has 6 heteroatoms. The Morgan fingerprint density at radius 2 is 2.12 bits per heavy atom. The van der Waals surface area contributed by atoms with E-state index in [9.17, 15) is 9.59 Å². The van der Waals surface area contributed by atoms with Gasteiger partial charge in [-0.2, -0.15) is 0 Å². The molecule has 94 valence electrons. The zero-order valence-electron chi connectivity index (χ0n) is 10.0. The quantitative estimate of drug-likeness (QED) is 0.671. The van der Waals surface area contributed by atoms with Crippen molar-refractivity contribution in [2.75, 3.05) is 27.3 Å². The van der Waals surface area contributed by atoms with E-state index < -0.39 is 18.0 Å². The molecule has 0 spiro atoms. The lowest BCUT2D eigenvalue weighted by atomic mass is 10.3. The molecular formula is C10H20N2O4.